The first-order chi connectivity index (χ1) is 5.11. The third-order valence-electron chi connectivity index (χ3n) is 1.38. The fraction of sp³-hybridized carbons (Fsp3) is 0.143. The van der Waals surface area contributed by atoms with Crippen LogP contribution in [0.25, 0.3) is 0 Å². The van der Waals surface area contributed by atoms with Gasteiger partial charge in [0.15, 0.2) is 16.5 Å². The fourth-order valence-corrected chi connectivity index (χ4v) is 1.12. The zero-order valence-electron chi connectivity index (χ0n) is 5.90. The van der Waals surface area contributed by atoms with Crippen LogP contribution in [0, 0.1) is 6.92 Å². The molecule has 0 spiro atoms. The smallest absolute Gasteiger partial charge is 0.182 e. The minimum Gasteiger partial charge on any atom is -0.290 e. The first kappa shape index (κ1) is 8.07. The summed E-state index contributed by atoms with van der Waals surface area (Å²) < 4.78 is 20.7. The van der Waals surface area contributed by atoms with Crippen molar-refractivity contribution in [2.24, 2.45) is 0 Å². The molecule has 1 radical (unpaired) electrons. The van der Waals surface area contributed by atoms with Crippen molar-refractivity contribution < 1.29 is 13.5 Å². The minimum absolute atomic E-state index is 0.0793. The molecule has 1 aromatic rings. The normalized spacial score (nSPS) is 10.4. The number of rotatable bonds is 1. The van der Waals surface area contributed by atoms with E-state index in [0.29, 0.717) is 5.56 Å². The van der Waals surface area contributed by atoms with E-state index in [1.807, 2.05) is 0 Å². The highest BCUT2D eigenvalue weighted by atomic mass is 32.2. The quantitative estimate of drug-likeness (QED) is 0.643. The molecule has 0 amide bonds. The summed E-state index contributed by atoms with van der Waals surface area (Å²) in [5.74, 6) is -0.235. The molecule has 0 aliphatic carbocycles. The SMILES string of the molecule is Cc1ccc([SH](=O)=O)cc1[O]. The van der Waals surface area contributed by atoms with Gasteiger partial charge in [0.05, 0.1) is 4.90 Å². The Labute approximate surface area is 66.2 Å². The van der Waals surface area contributed by atoms with Crippen LogP contribution in [0.15, 0.2) is 23.1 Å². The maximum atomic E-state index is 10.9. The van der Waals surface area contributed by atoms with Crippen molar-refractivity contribution in [2.45, 2.75) is 11.8 Å². The molecule has 0 atom stereocenters. The van der Waals surface area contributed by atoms with Gasteiger partial charge in [-0.15, -0.1) is 0 Å². The minimum atomic E-state index is -2.62. The van der Waals surface area contributed by atoms with Crippen LogP contribution < -0.4 is 0 Å². The molecule has 0 saturated heterocycles. The van der Waals surface area contributed by atoms with Gasteiger partial charge in [-0.2, -0.15) is 0 Å². The average Bonchev–Trinajstić information content (AvgIpc) is 1.94. The Hall–Kier alpha value is -1.03. The third kappa shape index (κ3) is 1.71. The fourth-order valence-electron chi connectivity index (χ4n) is 0.702. The summed E-state index contributed by atoms with van der Waals surface area (Å²) in [4.78, 5) is 0.0793. The van der Waals surface area contributed by atoms with Gasteiger partial charge in [0.2, 0.25) is 0 Å². The van der Waals surface area contributed by atoms with Crippen LogP contribution in [0.2, 0.25) is 0 Å². The van der Waals surface area contributed by atoms with Crippen molar-refractivity contribution in [2.75, 3.05) is 0 Å². The van der Waals surface area contributed by atoms with E-state index in [1.165, 1.54) is 12.1 Å². The maximum Gasteiger partial charge on any atom is 0.182 e. The van der Waals surface area contributed by atoms with Gasteiger partial charge in [-0.1, -0.05) is 6.07 Å². The zero-order valence-corrected chi connectivity index (χ0v) is 6.80. The van der Waals surface area contributed by atoms with Gasteiger partial charge in [-0.3, -0.25) is 5.11 Å². The van der Waals surface area contributed by atoms with Crippen molar-refractivity contribution >= 4 is 10.7 Å². The Kier molecular flexibility index (Phi) is 2.14. The lowest BCUT2D eigenvalue weighted by atomic mass is 10.2. The molecule has 4 heteroatoms. The van der Waals surface area contributed by atoms with E-state index in [2.05, 4.69) is 0 Å². The van der Waals surface area contributed by atoms with Crippen LogP contribution in [-0.2, 0) is 15.8 Å². The predicted molar refractivity (Wildman–Crippen MR) is 39.9 cm³/mol. The Morgan fingerprint density at radius 1 is 1.27 bits per heavy atom. The van der Waals surface area contributed by atoms with Crippen LogP contribution in [0.5, 0.6) is 5.75 Å². The van der Waals surface area contributed by atoms with Gasteiger partial charge >= 0.3 is 0 Å². The number of hydrogen-bond acceptors (Lipinski definition) is 2. The van der Waals surface area contributed by atoms with E-state index in [4.69, 9.17) is 0 Å². The van der Waals surface area contributed by atoms with Crippen molar-refractivity contribution in [1.82, 2.24) is 0 Å². The Balaban J connectivity index is 3.26. The van der Waals surface area contributed by atoms with E-state index in [1.54, 1.807) is 6.92 Å². The Morgan fingerprint density at radius 3 is 2.36 bits per heavy atom. The zero-order chi connectivity index (χ0) is 8.43. The second kappa shape index (κ2) is 2.92. The van der Waals surface area contributed by atoms with E-state index in [0.717, 1.165) is 6.07 Å². The highest BCUT2D eigenvalue weighted by Gasteiger charge is 2.00. The molecule has 3 nitrogen and oxygen atoms in total. The van der Waals surface area contributed by atoms with E-state index < -0.39 is 10.7 Å². The van der Waals surface area contributed by atoms with Gasteiger partial charge in [-0.05, 0) is 18.6 Å². The highest BCUT2D eigenvalue weighted by Crippen LogP contribution is 2.18. The average molecular weight is 171 g/mol. The van der Waals surface area contributed by atoms with Gasteiger partial charge < -0.3 is 0 Å². The monoisotopic (exact) mass is 171 g/mol. The summed E-state index contributed by atoms with van der Waals surface area (Å²) >= 11 is 0. The maximum absolute atomic E-state index is 10.9. The number of aryl methyl sites for hydroxylation is 1. The predicted octanol–water partition coefficient (Wildman–Crippen LogP) is 1.11. The molecule has 0 saturated carbocycles. The second-order valence-electron chi connectivity index (χ2n) is 2.21. The molecular weight excluding hydrogens is 164 g/mol. The van der Waals surface area contributed by atoms with Crippen LogP contribution >= 0.6 is 0 Å². The summed E-state index contributed by atoms with van der Waals surface area (Å²) in [6, 6.07) is 4.05. The summed E-state index contributed by atoms with van der Waals surface area (Å²) in [6.45, 7) is 1.64. The number of hydrogen-bond donors (Lipinski definition) is 1. The van der Waals surface area contributed by atoms with E-state index >= 15 is 0 Å². The lowest BCUT2D eigenvalue weighted by molar-refractivity contribution is 0.350. The topological polar surface area (TPSA) is 54.0 Å². The van der Waals surface area contributed by atoms with Crippen molar-refractivity contribution in [3.8, 4) is 5.75 Å². The molecule has 11 heavy (non-hydrogen) atoms. The molecule has 0 fully saturated rings. The van der Waals surface area contributed by atoms with Gasteiger partial charge in [0.1, 0.15) is 0 Å². The lowest BCUT2D eigenvalue weighted by Crippen LogP contribution is -1.80. The second-order valence-corrected chi connectivity index (χ2v) is 3.24. The summed E-state index contributed by atoms with van der Waals surface area (Å²) in [5, 5.41) is 10.9. The molecule has 0 heterocycles. The molecule has 0 bridgehead atoms. The molecular formula is C7H7O3S. The number of thiol groups is 1. The molecule has 0 unspecified atom stereocenters. The first-order valence-electron chi connectivity index (χ1n) is 3.03. The van der Waals surface area contributed by atoms with Crippen molar-refractivity contribution in [3.05, 3.63) is 23.8 Å². The molecule has 1 rings (SSSR count). The molecule has 1 aromatic carbocycles. The standard InChI is InChI=1S/C7H7O3S/c1-5-2-3-6(11(9)10)4-7(5)8/h2-4,11H,1H3. The largest absolute Gasteiger partial charge is 0.290 e. The van der Waals surface area contributed by atoms with Crippen LogP contribution in [0.4, 0.5) is 0 Å². The van der Waals surface area contributed by atoms with E-state index in [-0.39, 0.29) is 10.6 Å². The Morgan fingerprint density at radius 2 is 1.91 bits per heavy atom. The van der Waals surface area contributed by atoms with Crippen LogP contribution in [0.1, 0.15) is 5.56 Å². The first-order valence-corrected chi connectivity index (χ1v) is 4.21. The summed E-state index contributed by atoms with van der Waals surface area (Å²) in [7, 11) is -2.62. The number of benzene rings is 1. The van der Waals surface area contributed by atoms with Crippen molar-refractivity contribution in [3.63, 3.8) is 0 Å². The summed E-state index contributed by atoms with van der Waals surface area (Å²) in [6.07, 6.45) is 0. The summed E-state index contributed by atoms with van der Waals surface area (Å²) in [5.41, 5.74) is 0.561. The van der Waals surface area contributed by atoms with Gasteiger partial charge in [-0.25, -0.2) is 8.42 Å². The molecule has 0 aliphatic heterocycles. The Bertz CT molecular complexity index is 334. The van der Waals surface area contributed by atoms with Crippen LogP contribution in [0.3, 0.4) is 0 Å². The molecule has 0 N–H and O–H groups in total. The highest BCUT2D eigenvalue weighted by molar-refractivity contribution is 7.72. The molecule has 0 aliphatic rings. The van der Waals surface area contributed by atoms with E-state index in [9.17, 15) is 13.5 Å². The van der Waals surface area contributed by atoms with Gasteiger partial charge in [0.25, 0.3) is 0 Å². The lowest BCUT2D eigenvalue weighted by Gasteiger charge is -1.93. The molecule has 59 valence electrons. The third-order valence-corrected chi connectivity index (χ3v) is 2.08. The molecule has 0 aromatic heterocycles. The van der Waals surface area contributed by atoms with Crippen LogP contribution in [-0.4, -0.2) is 8.42 Å². The van der Waals surface area contributed by atoms with Gasteiger partial charge in [0, 0.05) is 6.07 Å². The van der Waals surface area contributed by atoms with Crippen molar-refractivity contribution in [1.29, 1.82) is 0 Å².